The maximum Gasteiger partial charge on any atom is 0.243 e. The Morgan fingerprint density at radius 1 is 1.50 bits per heavy atom. The molecule has 1 aromatic rings. The minimum atomic E-state index is -3.46. The number of benzene rings is 1. The van der Waals surface area contributed by atoms with Crippen LogP contribution in [0.2, 0.25) is 0 Å². The van der Waals surface area contributed by atoms with Crippen molar-refractivity contribution in [3.05, 3.63) is 36.4 Å². The van der Waals surface area contributed by atoms with Gasteiger partial charge < -0.3 is 5.73 Å². The van der Waals surface area contributed by atoms with Crippen molar-refractivity contribution < 1.29 is 8.42 Å². The molecule has 0 unspecified atom stereocenters. The van der Waals surface area contributed by atoms with E-state index in [4.69, 9.17) is 5.73 Å². The Bertz CT molecular complexity index is 562. The molecular formula is C13H18N2O2S. The molecule has 0 saturated heterocycles. The van der Waals surface area contributed by atoms with Gasteiger partial charge in [-0.3, -0.25) is 0 Å². The summed E-state index contributed by atoms with van der Waals surface area (Å²) >= 11 is 0. The first-order valence-corrected chi connectivity index (χ1v) is 7.39. The van der Waals surface area contributed by atoms with Gasteiger partial charge >= 0.3 is 0 Å². The Kier molecular flexibility index (Phi) is 3.45. The van der Waals surface area contributed by atoms with Gasteiger partial charge in [-0.15, -0.1) is 6.58 Å². The van der Waals surface area contributed by atoms with Gasteiger partial charge in [0, 0.05) is 18.3 Å². The maximum absolute atomic E-state index is 12.5. The van der Waals surface area contributed by atoms with Crippen molar-refractivity contribution in [2.45, 2.75) is 30.7 Å². The normalized spacial score (nSPS) is 15.9. The van der Waals surface area contributed by atoms with E-state index in [9.17, 15) is 8.42 Å². The molecule has 2 rings (SSSR count). The highest BCUT2D eigenvalue weighted by atomic mass is 32.2. The topological polar surface area (TPSA) is 63.4 Å². The third kappa shape index (κ3) is 2.42. The molecule has 1 fully saturated rings. The summed E-state index contributed by atoms with van der Waals surface area (Å²) in [7, 11) is -3.46. The number of nitrogen functional groups attached to an aromatic ring is 1. The molecule has 0 radical (unpaired) electrons. The summed E-state index contributed by atoms with van der Waals surface area (Å²) in [6.45, 7) is 5.82. The predicted octanol–water partition coefficient (Wildman–Crippen LogP) is 1.92. The predicted molar refractivity (Wildman–Crippen MR) is 72.7 cm³/mol. The summed E-state index contributed by atoms with van der Waals surface area (Å²) in [6.07, 6.45) is 3.47. The quantitative estimate of drug-likeness (QED) is 0.654. The molecule has 18 heavy (non-hydrogen) atoms. The molecule has 98 valence electrons. The van der Waals surface area contributed by atoms with Gasteiger partial charge in [-0.25, -0.2) is 8.42 Å². The van der Waals surface area contributed by atoms with E-state index in [1.165, 1.54) is 10.4 Å². The van der Waals surface area contributed by atoms with Crippen molar-refractivity contribution >= 4 is 15.7 Å². The van der Waals surface area contributed by atoms with Gasteiger partial charge in [-0.2, -0.15) is 4.31 Å². The van der Waals surface area contributed by atoms with E-state index < -0.39 is 10.0 Å². The van der Waals surface area contributed by atoms with E-state index in [1.54, 1.807) is 18.2 Å². The summed E-state index contributed by atoms with van der Waals surface area (Å²) in [6, 6.07) is 5.00. The number of hydrogen-bond acceptors (Lipinski definition) is 3. The SMILES string of the molecule is C=CCN(C1CC1)S(=O)(=O)c1ccc(C)c(N)c1. The minimum Gasteiger partial charge on any atom is -0.398 e. The lowest BCUT2D eigenvalue weighted by Crippen LogP contribution is -2.33. The van der Waals surface area contributed by atoms with Crippen LogP contribution in [0, 0.1) is 6.92 Å². The van der Waals surface area contributed by atoms with E-state index in [-0.39, 0.29) is 10.9 Å². The van der Waals surface area contributed by atoms with Crippen molar-refractivity contribution in [2.24, 2.45) is 0 Å². The van der Waals surface area contributed by atoms with Crippen molar-refractivity contribution in [3.8, 4) is 0 Å². The van der Waals surface area contributed by atoms with Crippen LogP contribution >= 0.6 is 0 Å². The maximum atomic E-state index is 12.5. The summed E-state index contributed by atoms with van der Waals surface area (Å²) < 4.78 is 26.5. The Hall–Kier alpha value is -1.33. The van der Waals surface area contributed by atoms with Gasteiger partial charge in [0.25, 0.3) is 0 Å². The van der Waals surface area contributed by atoms with Crippen LogP contribution in [0.25, 0.3) is 0 Å². The van der Waals surface area contributed by atoms with E-state index in [0.29, 0.717) is 12.2 Å². The molecule has 0 atom stereocenters. The molecule has 1 saturated carbocycles. The summed E-state index contributed by atoms with van der Waals surface area (Å²) in [5.74, 6) is 0. The molecule has 5 heteroatoms. The fraction of sp³-hybridized carbons (Fsp3) is 0.385. The van der Waals surface area contributed by atoms with Gasteiger partial charge in [0.1, 0.15) is 0 Å². The van der Waals surface area contributed by atoms with Crippen molar-refractivity contribution in [1.82, 2.24) is 4.31 Å². The summed E-state index contributed by atoms with van der Waals surface area (Å²) in [4.78, 5) is 0.263. The second-order valence-corrected chi connectivity index (χ2v) is 6.50. The first-order valence-electron chi connectivity index (χ1n) is 5.95. The fourth-order valence-electron chi connectivity index (χ4n) is 1.85. The van der Waals surface area contributed by atoms with Crippen LogP contribution in [0.4, 0.5) is 5.69 Å². The summed E-state index contributed by atoms with van der Waals surface area (Å²) in [5, 5.41) is 0. The van der Waals surface area contributed by atoms with E-state index in [2.05, 4.69) is 6.58 Å². The van der Waals surface area contributed by atoms with Gasteiger partial charge in [0.05, 0.1) is 4.90 Å². The molecule has 1 aromatic carbocycles. The molecule has 0 heterocycles. The second kappa shape index (κ2) is 4.74. The number of aryl methyl sites for hydroxylation is 1. The second-order valence-electron chi connectivity index (χ2n) is 4.61. The Labute approximate surface area is 108 Å². The van der Waals surface area contributed by atoms with E-state index >= 15 is 0 Å². The average Bonchev–Trinajstić information content (AvgIpc) is 3.13. The zero-order valence-corrected chi connectivity index (χ0v) is 11.3. The van der Waals surface area contributed by atoms with Crippen LogP contribution in [-0.2, 0) is 10.0 Å². The van der Waals surface area contributed by atoms with E-state index in [1.807, 2.05) is 6.92 Å². The molecule has 0 aliphatic heterocycles. The molecule has 2 N–H and O–H groups in total. The fourth-order valence-corrected chi connectivity index (χ4v) is 3.54. The molecule has 1 aliphatic rings. The zero-order chi connectivity index (χ0) is 13.3. The van der Waals surface area contributed by atoms with Crippen LogP contribution < -0.4 is 5.73 Å². The standard InChI is InChI=1S/C13H18N2O2S/c1-3-8-15(11-5-6-11)18(16,17)12-7-4-10(2)13(14)9-12/h3-4,7,9,11H,1,5-6,8,14H2,2H3. The van der Waals surface area contributed by atoms with Crippen molar-refractivity contribution in [2.75, 3.05) is 12.3 Å². The Morgan fingerprint density at radius 3 is 2.67 bits per heavy atom. The number of rotatable bonds is 5. The highest BCUT2D eigenvalue weighted by Crippen LogP contribution is 2.32. The van der Waals surface area contributed by atoms with Gasteiger partial charge in [-0.1, -0.05) is 12.1 Å². The minimum absolute atomic E-state index is 0.121. The lowest BCUT2D eigenvalue weighted by Gasteiger charge is -2.20. The lowest BCUT2D eigenvalue weighted by molar-refractivity contribution is 0.436. The summed E-state index contributed by atoms with van der Waals surface area (Å²) in [5.41, 5.74) is 7.17. The van der Waals surface area contributed by atoms with Crippen LogP contribution in [0.1, 0.15) is 18.4 Å². The number of nitrogens with zero attached hydrogens (tertiary/aromatic N) is 1. The third-order valence-electron chi connectivity index (χ3n) is 3.12. The molecule has 0 aromatic heterocycles. The molecule has 1 aliphatic carbocycles. The monoisotopic (exact) mass is 266 g/mol. The van der Waals surface area contributed by atoms with Crippen molar-refractivity contribution in [1.29, 1.82) is 0 Å². The van der Waals surface area contributed by atoms with Gasteiger partial charge in [0.2, 0.25) is 10.0 Å². The molecule has 4 nitrogen and oxygen atoms in total. The first-order chi connectivity index (χ1) is 8.46. The Balaban J connectivity index is 2.39. The largest absolute Gasteiger partial charge is 0.398 e. The van der Waals surface area contributed by atoms with Crippen LogP contribution in [0.5, 0.6) is 0 Å². The molecular weight excluding hydrogens is 248 g/mol. The first kappa shape index (κ1) is 13.1. The Morgan fingerprint density at radius 2 is 2.17 bits per heavy atom. The van der Waals surface area contributed by atoms with Crippen LogP contribution in [0.15, 0.2) is 35.7 Å². The lowest BCUT2D eigenvalue weighted by atomic mass is 10.2. The van der Waals surface area contributed by atoms with Gasteiger partial charge in [0.15, 0.2) is 0 Å². The highest BCUT2D eigenvalue weighted by Gasteiger charge is 2.37. The average molecular weight is 266 g/mol. The zero-order valence-electron chi connectivity index (χ0n) is 10.5. The smallest absolute Gasteiger partial charge is 0.243 e. The molecule has 0 amide bonds. The number of sulfonamides is 1. The number of hydrogen-bond donors (Lipinski definition) is 1. The third-order valence-corrected chi connectivity index (χ3v) is 5.03. The molecule has 0 spiro atoms. The van der Waals surface area contributed by atoms with Gasteiger partial charge in [-0.05, 0) is 37.5 Å². The highest BCUT2D eigenvalue weighted by molar-refractivity contribution is 7.89. The van der Waals surface area contributed by atoms with E-state index in [0.717, 1.165) is 18.4 Å². The van der Waals surface area contributed by atoms with Crippen molar-refractivity contribution in [3.63, 3.8) is 0 Å². The number of anilines is 1. The van der Waals surface area contributed by atoms with Crippen LogP contribution in [-0.4, -0.2) is 25.3 Å². The number of nitrogens with two attached hydrogens (primary N) is 1. The van der Waals surface area contributed by atoms with Crippen LogP contribution in [0.3, 0.4) is 0 Å². The molecule has 0 bridgehead atoms.